The lowest BCUT2D eigenvalue weighted by molar-refractivity contribution is 0.102. The van der Waals surface area contributed by atoms with E-state index in [2.05, 4.69) is 25.6 Å². The average Bonchev–Trinajstić information content (AvgIpc) is 3.21. The average molecular weight is 319 g/mol. The predicted octanol–water partition coefficient (Wildman–Crippen LogP) is 1.78. The van der Waals surface area contributed by atoms with Gasteiger partial charge in [-0.15, -0.1) is 5.10 Å². The van der Waals surface area contributed by atoms with E-state index in [0.717, 1.165) is 11.3 Å². The molecule has 1 aromatic carbocycles. The number of carbonyl (C=O) groups excluding carboxylic acids is 1. The van der Waals surface area contributed by atoms with E-state index in [4.69, 9.17) is 0 Å². The van der Waals surface area contributed by atoms with Crippen molar-refractivity contribution in [2.24, 2.45) is 7.05 Å². The van der Waals surface area contributed by atoms with Crippen LogP contribution in [-0.2, 0) is 7.05 Å². The number of nitrogens with zero attached hydrogens (tertiary/aromatic N) is 6. The summed E-state index contributed by atoms with van der Waals surface area (Å²) in [4.78, 5) is 20.8. The molecule has 4 rings (SSSR count). The molecule has 8 nitrogen and oxygen atoms in total. The molecule has 118 valence electrons. The third kappa shape index (κ3) is 2.60. The number of benzene rings is 1. The summed E-state index contributed by atoms with van der Waals surface area (Å²) < 4.78 is 3.33. The zero-order valence-electron chi connectivity index (χ0n) is 12.8. The molecule has 3 aromatic heterocycles. The van der Waals surface area contributed by atoms with Crippen molar-refractivity contribution in [2.45, 2.75) is 0 Å². The Morgan fingerprint density at radius 3 is 2.92 bits per heavy atom. The van der Waals surface area contributed by atoms with Crippen molar-refractivity contribution >= 4 is 17.4 Å². The number of carbonyl (C=O) groups is 1. The Labute approximate surface area is 136 Å². The molecular formula is C16H13N7O. The number of imidazole rings is 1. The van der Waals surface area contributed by atoms with Crippen molar-refractivity contribution in [3.8, 4) is 11.3 Å². The summed E-state index contributed by atoms with van der Waals surface area (Å²) >= 11 is 0. The van der Waals surface area contributed by atoms with Crippen LogP contribution < -0.4 is 5.32 Å². The molecule has 24 heavy (non-hydrogen) atoms. The van der Waals surface area contributed by atoms with Crippen LogP contribution in [0.4, 0.5) is 5.69 Å². The highest BCUT2D eigenvalue weighted by atomic mass is 16.2. The van der Waals surface area contributed by atoms with Crippen LogP contribution >= 0.6 is 0 Å². The van der Waals surface area contributed by atoms with E-state index in [1.165, 1.54) is 4.68 Å². The first-order valence-electron chi connectivity index (χ1n) is 7.27. The standard InChI is InChI=1S/C16H13N7O/c1-22-9-14(20-21-22)15(24)18-12-5-2-4-11(8-12)13-10-23-7-3-6-17-16(23)19-13/h2-10H,1H3,(H,18,24). The van der Waals surface area contributed by atoms with E-state index >= 15 is 0 Å². The van der Waals surface area contributed by atoms with Gasteiger partial charge in [-0.3, -0.25) is 13.9 Å². The lowest BCUT2D eigenvalue weighted by Gasteiger charge is -2.04. The van der Waals surface area contributed by atoms with E-state index in [9.17, 15) is 4.79 Å². The molecule has 3 heterocycles. The number of aromatic nitrogens is 6. The lowest BCUT2D eigenvalue weighted by Crippen LogP contribution is -2.12. The lowest BCUT2D eigenvalue weighted by atomic mass is 10.1. The number of aryl methyl sites for hydroxylation is 1. The van der Waals surface area contributed by atoms with Crippen molar-refractivity contribution in [2.75, 3.05) is 5.32 Å². The van der Waals surface area contributed by atoms with Crippen LogP contribution in [0.3, 0.4) is 0 Å². The SMILES string of the molecule is Cn1cc(C(=O)Nc2cccc(-c3cn4cccnc4n3)c2)nn1. The van der Waals surface area contributed by atoms with Crippen LogP contribution in [-0.4, -0.2) is 35.3 Å². The Morgan fingerprint density at radius 1 is 1.21 bits per heavy atom. The van der Waals surface area contributed by atoms with E-state index < -0.39 is 0 Å². The predicted molar refractivity (Wildman–Crippen MR) is 87.4 cm³/mol. The molecule has 0 saturated carbocycles. The summed E-state index contributed by atoms with van der Waals surface area (Å²) in [5, 5.41) is 10.4. The first-order chi connectivity index (χ1) is 11.7. The number of hydrogen-bond acceptors (Lipinski definition) is 5. The summed E-state index contributed by atoms with van der Waals surface area (Å²) in [6.45, 7) is 0. The maximum Gasteiger partial charge on any atom is 0.277 e. The summed E-state index contributed by atoms with van der Waals surface area (Å²) in [5.41, 5.74) is 2.59. The molecule has 0 saturated heterocycles. The second-order valence-electron chi connectivity index (χ2n) is 5.27. The molecule has 0 aliphatic carbocycles. The third-order valence-corrected chi connectivity index (χ3v) is 3.49. The summed E-state index contributed by atoms with van der Waals surface area (Å²) in [6, 6.07) is 9.30. The fourth-order valence-corrected chi connectivity index (χ4v) is 2.37. The molecule has 0 unspecified atom stereocenters. The Hall–Kier alpha value is -3.55. The molecule has 0 fully saturated rings. The van der Waals surface area contributed by atoms with Crippen molar-refractivity contribution < 1.29 is 4.79 Å². The van der Waals surface area contributed by atoms with Gasteiger partial charge in [0.25, 0.3) is 5.91 Å². The molecule has 0 spiro atoms. The molecule has 8 heteroatoms. The number of hydrogen-bond donors (Lipinski definition) is 1. The molecule has 0 radical (unpaired) electrons. The number of rotatable bonds is 3. The number of fused-ring (bicyclic) bond motifs is 1. The number of nitrogens with one attached hydrogen (secondary N) is 1. The van der Waals surface area contributed by atoms with E-state index in [1.54, 1.807) is 19.4 Å². The molecule has 0 bridgehead atoms. The summed E-state index contributed by atoms with van der Waals surface area (Å²) in [7, 11) is 1.71. The van der Waals surface area contributed by atoms with Gasteiger partial charge in [-0.05, 0) is 18.2 Å². The van der Waals surface area contributed by atoms with Crippen molar-refractivity contribution in [1.82, 2.24) is 29.4 Å². The highest BCUT2D eigenvalue weighted by Gasteiger charge is 2.11. The minimum absolute atomic E-state index is 0.264. The summed E-state index contributed by atoms with van der Waals surface area (Å²) in [5.74, 6) is 0.318. The zero-order chi connectivity index (χ0) is 16.5. The van der Waals surface area contributed by atoms with E-state index in [1.807, 2.05) is 47.1 Å². The maximum absolute atomic E-state index is 12.2. The first-order valence-corrected chi connectivity index (χ1v) is 7.27. The normalized spacial score (nSPS) is 10.9. The van der Waals surface area contributed by atoms with Crippen molar-refractivity contribution in [1.29, 1.82) is 0 Å². The quantitative estimate of drug-likeness (QED) is 0.621. The zero-order valence-corrected chi connectivity index (χ0v) is 12.8. The van der Waals surface area contributed by atoms with Gasteiger partial charge in [0.1, 0.15) is 0 Å². The summed E-state index contributed by atoms with van der Waals surface area (Å²) in [6.07, 6.45) is 7.04. The van der Waals surface area contributed by atoms with Crippen LogP contribution in [0.15, 0.2) is 55.1 Å². The van der Waals surface area contributed by atoms with Crippen LogP contribution in [0.2, 0.25) is 0 Å². The van der Waals surface area contributed by atoms with Gasteiger partial charge < -0.3 is 5.32 Å². The molecule has 0 aliphatic heterocycles. The van der Waals surface area contributed by atoms with Crippen LogP contribution in [0, 0.1) is 0 Å². The van der Waals surface area contributed by atoms with Crippen LogP contribution in [0.25, 0.3) is 17.0 Å². The Morgan fingerprint density at radius 2 is 2.12 bits per heavy atom. The smallest absolute Gasteiger partial charge is 0.277 e. The third-order valence-electron chi connectivity index (χ3n) is 3.49. The van der Waals surface area contributed by atoms with Gasteiger partial charge in [0, 0.05) is 36.9 Å². The van der Waals surface area contributed by atoms with Crippen LogP contribution in [0.1, 0.15) is 10.5 Å². The van der Waals surface area contributed by atoms with Gasteiger partial charge in [0.15, 0.2) is 5.69 Å². The van der Waals surface area contributed by atoms with Gasteiger partial charge in [-0.2, -0.15) is 0 Å². The second kappa shape index (κ2) is 5.58. The van der Waals surface area contributed by atoms with Crippen molar-refractivity contribution in [3.05, 3.63) is 60.8 Å². The van der Waals surface area contributed by atoms with Gasteiger partial charge in [0.2, 0.25) is 5.78 Å². The number of anilines is 1. The minimum Gasteiger partial charge on any atom is -0.321 e. The first kappa shape index (κ1) is 14.1. The van der Waals surface area contributed by atoms with E-state index in [0.29, 0.717) is 11.5 Å². The van der Waals surface area contributed by atoms with Crippen LogP contribution in [0.5, 0.6) is 0 Å². The topological polar surface area (TPSA) is 90.0 Å². The molecule has 0 aliphatic rings. The van der Waals surface area contributed by atoms with Gasteiger partial charge in [-0.1, -0.05) is 17.3 Å². The molecule has 1 amide bonds. The van der Waals surface area contributed by atoms with Gasteiger partial charge in [-0.25, -0.2) is 9.97 Å². The van der Waals surface area contributed by atoms with Crippen molar-refractivity contribution in [3.63, 3.8) is 0 Å². The fourth-order valence-electron chi connectivity index (χ4n) is 2.37. The Kier molecular flexibility index (Phi) is 3.27. The highest BCUT2D eigenvalue weighted by molar-refractivity contribution is 6.02. The monoisotopic (exact) mass is 319 g/mol. The molecule has 1 N–H and O–H groups in total. The maximum atomic E-state index is 12.2. The van der Waals surface area contributed by atoms with Gasteiger partial charge >= 0.3 is 0 Å². The molecule has 0 atom stereocenters. The largest absolute Gasteiger partial charge is 0.321 e. The Balaban J connectivity index is 1.62. The molecule has 4 aromatic rings. The fraction of sp³-hybridized carbons (Fsp3) is 0.0625. The second-order valence-corrected chi connectivity index (χ2v) is 5.27. The highest BCUT2D eigenvalue weighted by Crippen LogP contribution is 2.22. The number of amides is 1. The minimum atomic E-state index is -0.308. The Bertz CT molecular complexity index is 1000. The molecular weight excluding hydrogens is 306 g/mol. The van der Waals surface area contributed by atoms with Gasteiger partial charge in [0.05, 0.1) is 11.9 Å². The van der Waals surface area contributed by atoms with E-state index in [-0.39, 0.29) is 11.6 Å².